The van der Waals surface area contributed by atoms with Crippen LogP contribution in [-0.2, 0) is 19.6 Å². The topological polar surface area (TPSA) is 110 Å². The van der Waals surface area contributed by atoms with Gasteiger partial charge in [-0.3, -0.25) is 9.59 Å². The number of anilines is 1. The van der Waals surface area contributed by atoms with Gasteiger partial charge in [-0.15, -0.1) is 0 Å². The number of ether oxygens (including phenoxy) is 1. The lowest BCUT2D eigenvalue weighted by molar-refractivity contribution is -0.115. The number of amides is 1. The summed E-state index contributed by atoms with van der Waals surface area (Å²) in [5.74, 6) is -2.54. The number of piperidine rings is 1. The average Bonchev–Trinajstić information content (AvgIpc) is 2.83. The molecule has 2 aromatic carbocycles. The lowest BCUT2D eigenvalue weighted by Crippen LogP contribution is -2.36. The lowest BCUT2D eigenvalue weighted by atomic mass is 10.1. The number of rotatable bonds is 8. The van der Waals surface area contributed by atoms with Crippen LogP contribution >= 0.6 is 0 Å². The van der Waals surface area contributed by atoms with Crippen LogP contribution in [0.2, 0.25) is 0 Å². The van der Waals surface area contributed by atoms with E-state index in [1.807, 2.05) is 0 Å². The third-order valence-corrected chi connectivity index (χ3v) is 7.16. The van der Waals surface area contributed by atoms with Gasteiger partial charge in [0.25, 0.3) is 0 Å². The van der Waals surface area contributed by atoms with Crippen molar-refractivity contribution < 1.29 is 31.9 Å². The van der Waals surface area contributed by atoms with Gasteiger partial charge in [-0.1, -0.05) is 13.3 Å². The first-order chi connectivity index (χ1) is 15.7. The molecule has 3 rings (SSSR count). The predicted molar refractivity (Wildman–Crippen MR) is 119 cm³/mol. The van der Waals surface area contributed by atoms with Crippen LogP contribution in [-0.4, -0.2) is 50.1 Å². The minimum Gasteiger partial charge on any atom is -0.454 e. The van der Waals surface area contributed by atoms with E-state index in [0.29, 0.717) is 38.0 Å². The van der Waals surface area contributed by atoms with Gasteiger partial charge < -0.3 is 10.1 Å². The molecule has 1 aliphatic heterocycles. The highest BCUT2D eigenvalue weighted by atomic mass is 32.2. The number of nitrogens with zero attached hydrogens (tertiary/aromatic N) is 1. The van der Waals surface area contributed by atoms with E-state index in [-0.39, 0.29) is 17.0 Å². The zero-order chi connectivity index (χ0) is 24.0. The minimum atomic E-state index is -4.08. The summed E-state index contributed by atoms with van der Waals surface area (Å²) >= 11 is 0. The normalized spacial score (nSPS) is 14.5. The van der Waals surface area contributed by atoms with Crippen molar-refractivity contribution in [2.45, 2.75) is 37.5 Å². The Bertz CT molecular complexity index is 1140. The van der Waals surface area contributed by atoms with Gasteiger partial charge in [0.15, 0.2) is 12.4 Å². The lowest BCUT2D eigenvalue weighted by Gasteiger charge is -2.26. The summed E-state index contributed by atoms with van der Waals surface area (Å²) in [6.07, 6.45) is 2.61. The zero-order valence-corrected chi connectivity index (χ0v) is 19.0. The fourth-order valence-corrected chi connectivity index (χ4v) is 4.97. The molecule has 1 heterocycles. The SMILES string of the molecule is CCC(=O)Nc1ccc(C(=O)COC(=O)c2ccc(F)c(S(=O)(=O)N3CCCCC3)c2)cc1. The van der Waals surface area contributed by atoms with Crippen molar-refractivity contribution in [3.05, 3.63) is 59.4 Å². The van der Waals surface area contributed by atoms with Crippen LogP contribution in [0.5, 0.6) is 0 Å². The van der Waals surface area contributed by atoms with Crippen molar-refractivity contribution >= 4 is 33.4 Å². The summed E-state index contributed by atoms with van der Waals surface area (Å²) in [5.41, 5.74) is 0.631. The molecule has 0 radical (unpaired) electrons. The van der Waals surface area contributed by atoms with Crippen molar-refractivity contribution in [2.24, 2.45) is 0 Å². The number of ketones is 1. The van der Waals surface area contributed by atoms with E-state index in [2.05, 4.69) is 5.32 Å². The number of sulfonamides is 1. The first-order valence-electron chi connectivity index (χ1n) is 10.6. The monoisotopic (exact) mass is 476 g/mol. The van der Waals surface area contributed by atoms with Gasteiger partial charge in [0, 0.05) is 30.8 Å². The molecule has 10 heteroatoms. The Morgan fingerprint density at radius 2 is 1.64 bits per heavy atom. The smallest absolute Gasteiger partial charge is 0.338 e. The first-order valence-corrected chi connectivity index (χ1v) is 12.1. The number of Topliss-reactive ketones (excluding diaryl/α,β-unsaturated/α-hetero) is 1. The van der Waals surface area contributed by atoms with Crippen LogP contribution < -0.4 is 5.32 Å². The summed E-state index contributed by atoms with van der Waals surface area (Å²) in [4.78, 5) is 35.6. The quantitative estimate of drug-likeness (QED) is 0.462. The number of carbonyl (C=O) groups is 3. The summed E-state index contributed by atoms with van der Waals surface area (Å²) in [7, 11) is -4.08. The van der Waals surface area contributed by atoms with Crippen LogP contribution in [0, 0.1) is 5.82 Å². The van der Waals surface area contributed by atoms with Gasteiger partial charge in [-0.25, -0.2) is 17.6 Å². The summed E-state index contributed by atoms with van der Waals surface area (Å²) in [5, 5.41) is 2.66. The molecule has 1 fully saturated rings. The third kappa shape index (κ3) is 6.02. The van der Waals surface area contributed by atoms with E-state index in [4.69, 9.17) is 4.74 Å². The molecule has 1 N–H and O–H groups in total. The Kier molecular flexibility index (Phi) is 7.93. The summed E-state index contributed by atoms with van der Waals surface area (Å²) in [6.45, 7) is 1.73. The molecule has 0 aromatic heterocycles. The van der Waals surface area contributed by atoms with Gasteiger partial charge in [0.1, 0.15) is 10.7 Å². The van der Waals surface area contributed by atoms with Crippen LogP contribution in [0.3, 0.4) is 0 Å². The van der Waals surface area contributed by atoms with E-state index in [0.717, 1.165) is 24.6 Å². The number of hydrogen-bond donors (Lipinski definition) is 1. The maximum absolute atomic E-state index is 14.3. The van der Waals surface area contributed by atoms with E-state index in [9.17, 15) is 27.2 Å². The van der Waals surface area contributed by atoms with E-state index in [1.165, 1.54) is 16.4 Å². The summed E-state index contributed by atoms with van der Waals surface area (Å²) < 4.78 is 46.1. The van der Waals surface area contributed by atoms with Crippen molar-refractivity contribution in [3.63, 3.8) is 0 Å². The van der Waals surface area contributed by atoms with Gasteiger partial charge in [0.2, 0.25) is 15.9 Å². The molecule has 176 valence electrons. The van der Waals surface area contributed by atoms with Gasteiger partial charge in [0.05, 0.1) is 5.56 Å². The van der Waals surface area contributed by atoms with Gasteiger partial charge >= 0.3 is 5.97 Å². The highest BCUT2D eigenvalue weighted by Crippen LogP contribution is 2.24. The second-order valence-corrected chi connectivity index (χ2v) is 9.49. The van der Waals surface area contributed by atoms with Crippen molar-refractivity contribution in [1.29, 1.82) is 0 Å². The second-order valence-electron chi connectivity index (χ2n) is 7.59. The van der Waals surface area contributed by atoms with Crippen molar-refractivity contribution in [3.8, 4) is 0 Å². The number of nitrogens with one attached hydrogen (secondary N) is 1. The van der Waals surface area contributed by atoms with E-state index in [1.54, 1.807) is 19.1 Å². The Balaban J connectivity index is 1.66. The highest BCUT2D eigenvalue weighted by Gasteiger charge is 2.29. The summed E-state index contributed by atoms with van der Waals surface area (Å²) in [6, 6.07) is 9.05. The molecule has 1 saturated heterocycles. The number of carbonyl (C=O) groups excluding carboxylic acids is 3. The maximum atomic E-state index is 14.3. The largest absolute Gasteiger partial charge is 0.454 e. The molecule has 0 bridgehead atoms. The van der Waals surface area contributed by atoms with Crippen molar-refractivity contribution in [1.82, 2.24) is 4.31 Å². The molecule has 1 amide bonds. The van der Waals surface area contributed by atoms with Gasteiger partial charge in [-0.05, 0) is 55.3 Å². The minimum absolute atomic E-state index is 0.163. The molecule has 2 aromatic rings. The molecular weight excluding hydrogens is 451 g/mol. The average molecular weight is 477 g/mol. The van der Waals surface area contributed by atoms with Crippen LogP contribution in [0.15, 0.2) is 47.4 Å². The molecule has 0 atom stereocenters. The number of benzene rings is 2. The molecule has 1 aliphatic rings. The Hall–Kier alpha value is -3.11. The third-order valence-electron chi connectivity index (χ3n) is 5.25. The molecule has 0 spiro atoms. The highest BCUT2D eigenvalue weighted by molar-refractivity contribution is 7.89. The van der Waals surface area contributed by atoms with E-state index < -0.39 is 39.1 Å². The first kappa shape index (κ1) is 24.5. The number of halogens is 1. The molecular formula is C23H25FN2O6S. The number of hydrogen-bond acceptors (Lipinski definition) is 6. The molecule has 0 unspecified atom stereocenters. The fraction of sp³-hybridized carbons (Fsp3) is 0.348. The molecule has 8 nitrogen and oxygen atoms in total. The molecule has 0 saturated carbocycles. The molecule has 33 heavy (non-hydrogen) atoms. The van der Waals surface area contributed by atoms with Gasteiger partial charge in [-0.2, -0.15) is 4.31 Å². The fourth-order valence-electron chi connectivity index (χ4n) is 3.36. The van der Waals surface area contributed by atoms with Crippen LogP contribution in [0.25, 0.3) is 0 Å². The van der Waals surface area contributed by atoms with Crippen LogP contribution in [0.1, 0.15) is 53.3 Å². The van der Waals surface area contributed by atoms with Crippen LogP contribution in [0.4, 0.5) is 10.1 Å². The Morgan fingerprint density at radius 1 is 1.00 bits per heavy atom. The van der Waals surface area contributed by atoms with Crippen molar-refractivity contribution in [2.75, 3.05) is 25.0 Å². The zero-order valence-electron chi connectivity index (χ0n) is 18.2. The predicted octanol–water partition coefficient (Wildman–Crippen LogP) is 3.39. The maximum Gasteiger partial charge on any atom is 0.338 e. The second kappa shape index (κ2) is 10.7. The van der Waals surface area contributed by atoms with E-state index >= 15 is 0 Å². The Morgan fingerprint density at radius 3 is 2.27 bits per heavy atom. The Labute approximate surface area is 191 Å². The number of esters is 1. The molecule has 0 aliphatic carbocycles. The standard InChI is InChI=1S/C23H25FN2O6S/c1-2-22(28)25-18-9-6-16(7-10-18)20(27)15-32-23(29)17-8-11-19(24)21(14-17)33(30,31)26-12-4-3-5-13-26/h6-11,14H,2-5,12-13,15H2,1H3,(H,25,28).